The Hall–Kier alpha value is -1.90. The molecule has 1 aliphatic rings. The van der Waals surface area contributed by atoms with Gasteiger partial charge in [-0.1, -0.05) is 13.0 Å². The standard InChI is InChI=1S/C20H32N6O2.ClH/c1-7-24-10-12-25(13-11-24)18(19-21-22-23-26(19)20(2,3)4)15-8-9-16(27-5)17(14-15)28-6;/h8-9,14,18H,7,10-13H2,1-6H3;1H/p-1. The van der Waals surface area contributed by atoms with Crippen molar-refractivity contribution in [2.45, 2.75) is 39.3 Å². The number of tetrazole rings is 1. The Labute approximate surface area is 179 Å². The zero-order chi connectivity index (χ0) is 20.3. The van der Waals surface area contributed by atoms with E-state index in [1.807, 2.05) is 16.8 Å². The molecular formula is C20H32ClN6O2-. The van der Waals surface area contributed by atoms with Crippen LogP contribution in [0.5, 0.6) is 11.5 Å². The molecule has 0 bridgehead atoms. The molecule has 162 valence electrons. The third-order valence-corrected chi connectivity index (χ3v) is 5.32. The fourth-order valence-corrected chi connectivity index (χ4v) is 3.73. The first-order chi connectivity index (χ1) is 13.4. The van der Waals surface area contributed by atoms with E-state index in [1.54, 1.807) is 14.2 Å². The van der Waals surface area contributed by atoms with Gasteiger partial charge in [0.05, 0.1) is 25.8 Å². The molecule has 1 aliphatic heterocycles. The van der Waals surface area contributed by atoms with E-state index in [0.717, 1.165) is 49.9 Å². The number of halogens is 1. The SMILES string of the molecule is CCN1CCN(C(c2ccc(OC)c(OC)c2)c2nnnn2C(C)(C)C)CC1.[Cl-]. The van der Waals surface area contributed by atoms with E-state index in [9.17, 15) is 0 Å². The fraction of sp³-hybridized carbons (Fsp3) is 0.650. The Bertz CT molecular complexity index is 784. The summed E-state index contributed by atoms with van der Waals surface area (Å²) < 4.78 is 12.9. The number of aromatic nitrogens is 4. The average Bonchev–Trinajstić information content (AvgIpc) is 3.18. The molecule has 0 N–H and O–H groups in total. The van der Waals surface area contributed by atoms with Crippen LogP contribution in [0.4, 0.5) is 0 Å². The van der Waals surface area contributed by atoms with Crippen LogP contribution in [0, 0.1) is 0 Å². The number of hydrogen-bond donors (Lipinski definition) is 0. The molecule has 8 nitrogen and oxygen atoms in total. The zero-order valence-electron chi connectivity index (χ0n) is 18.2. The Morgan fingerprint density at radius 1 is 1.03 bits per heavy atom. The Kier molecular flexibility index (Phi) is 7.85. The summed E-state index contributed by atoms with van der Waals surface area (Å²) in [6, 6.07) is 6.03. The molecule has 29 heavy (non-hydrogen) atoms. The van der Waals surface area contributed by atoms with Crippen molar-refractivity contribution >= 4 is 0 Å². The lowest BCUT2D eigenvalue weighted by atomic mass is 10.0. The summed E-state index contributed by atoms with van der Waals surface area (Å²) >= 11 is 0. The highest BCUT2D eigenvalue weighted by Gasteiger charge is 2.33. The molecule has 1 aromatic heterocycles. The summed E-state index contributed by atoms with van der Waals surface area (Å²) in [6.07, 6.45) is 0. The number of nitrogens with zero attached hydrogens (tertiary/aromatic N) is 6. The van der Waals surface area contributed by atoms with E-state index in [0.29, 0.717) is 5.75 Å². The minimum Gasteiger partial charge on any atom is -1.00 e. The van der Waals surface area contributed by atoms with Crippen molar-refractivity contribution in [2.24, 2.45) is 0 Å². The number of methoxy groups -OCH3 is 2. The molecule has 0 saturated carbocycles. The third-order valence-electron chi connectivity index (χ3n) is 5.32. The molecule has 0 aliphatic carbocycles. The number of benzene rings is 1. The van der Waals surface area contributed by atoms with Crippen LogP contribution in [0.25, 0.3) is 0 Å². The maximum atomic E-state index is 5.55. The summed E-state index contributed by atoms with van der Waals surface area (Å²) in [5, 5.41) is 12.8. The monoisotopic (exact) mass is 423 g/mol. The summed E-state index contributed by atoms with van der Waals surface area (Å²) in [7, 11) is 3.31. The van der Waals surface area contributed by atoms with E-state index in [-0.39, 0.29) is 24.0 Å². The molecule has 3 rings (SSSR count). The summed E-state index contributed by atoms with van der Waals surface area (Å²) in [4.78, 5) is 4.93. The van der Waals surface area contributed by atoms with E-state index in [1.165, 1.54) is 0 Å². The van der Waals surface area contributed by atoms with Gasteiger partial charge >= 0.3 is 0 Å². The van der Waals surface area contributed by atoms with Crippen molar-refractivity contribution in [3.8, 4) is 11.5 Å². The molecule has 9 heteroatoms. The molecule has 1 atom stereocenters. The number of rotatable bonds is 6. The van der Waals surface area contributed by atoms with Gasteiger partial charge in [-0.05, 0) is 55.4 Å². The van der Waals surface area contributed by atoms with Gasteiger partial charge in [0.25, 0.3) is 0 Å². The summed E-state index contributed by atoms with van der Waals surface area (Å²) in [5.41, 5.74) is 0.890. The lowest BCUT2D eigenvalue weighted by Gasteiger charge is -2.39. The van der Waals surface area contributed by atoms with Crippen LogP contribution < -0.4 is 21.9 Å². The molecule has 0 amide bonds. The smallest absolute Gasteiger partial charge is 0.173 e. The van der Waals surface area contributed by atoms with Crippen molar-refractivity contribution in [1.82, 2.24) is 30.0 Å². The van der Waals surface area contributed by atoms with Crippen molar-refractivity contribution in [1.29, 1.82) is 0 Å². The van der Waals surface area contributed by atoms with Crippen molar-refractivity contribution in [3.05, 3.63) is 29.6 Å². The van der Waals surface area contributed by atoms with Crippen molar-refractivity contribution in [2.75, 3.05) is 46.9 Å². The van der Waals surface area contributed by atoms with Crippen LogP contribution in [0.3, 0.4) is 0 Å². The highest BCUT2D eigenvalue weighted by Crippen LogP contribution is 2.35. The number of likely N-dealkylation sites (N-methyl/N-ethyl adjacent to an activating group) is 1. The molecule has 1 unspecified atom stereocenters. The third kappa shape index (κ3) is 4.99. The van der Waals surface area contributed by atoms with E-state index in [4.69, 9.17) is 9.47 Å². The number of piperazine rings is 1. The first-order valence-corrected chi connectivity index (χ1v) is 9.86. The highest BCUT2D eigenvalue weighted by atomic mass is 35.5. The topological polar surface area (TPSA) is 68.5 Å². The van der Waals surface area contributed by atoms with Gasteiger partial charge in [-0.3, -0.25) is 4.90 Å². The number of ether oxygens (including phenoxy) is 2. The van der Waals surface area contributed by atoms with E-state index >= 15 is 0 Å². The Balaban J connectivity index is 0.00000300. The summed E-state index contributed by atoms with van der Waals surface area (Å²) in [6.45, 7) is 13.6. The first-order valence-electron chi connectivity index (χ1n) is 9.86. The van der Waals surface area contributed by atoms with Gasteiger partial charge < -0.3 is 26.8 Å². The van der Waals surface area contributed by atoms with Crippen molar-refractivity contribution < 1.29 is 21.9 Å². The van der Waals surface area contributed by atoms with Gasteiger partial charge in [-0.25, -0.2) is 4.68 Å². The van der Waals surface area contributed by atoms with Crippen LogP contribution in [0.2, 0.25) is 0 Å². The molecule has 1 saturated heterocycles. The fourth-order valence-electron chi connectivity index (χ4n) is 3.73. The second-order valence-electron chi connectivity index (χ2n) is 8.11. The van der Waals surface area contributed by atoms with Gasteiger partial charge in [-0.2, -0.15) is 0 Å². The van der Waals surface area contributed by atoms with Gasteiger partial charge in [0, 0.05) is 26.2 Å². The molecule has 0 spiro atoms. The lowest BCUT2D eigenvalue weighted by Crippen LogP contribution is -3.00. The van der Waals surface area contributed by atoms with Gasteiger partial charge in [-0.15, -0.1) is 5.10 Å². The van der Waals surface area contributed by atoms with Gasteiger partial charge in [0.1, 0.15) is 0 Å². The average molecular weight is 424 g/mol. The normalized spacial score (nSPS) is 16.9. The first kappa shape index (κ1) is 23.4. The van der Waals surface area contributed by atoms with Crippen LogP contribution >= 0.6 is 0 Å². The largest absolute Gasteiger partial charge is 1.00 e. The van der Waals surface area contributed by atoms with Crippen LogP contribution in [-0.2, 0) is 5.54 Å². The maximum Gasteiger partial charge on any atom is 0.173 e. The van der Waals surface area contributed by atoms with Gasteiger partial charge in [0.2, 0.25) is 0 Å². The van der Waals surface area contributed by atoms with Crippen LogP contribution in [-0.4, -0.2) is 77.0 Å². The van der Waals surface area contributed by atoms with E-state index < -0.39 is 0 Å². The Morgan fingerprint density at radius 2 is 1.69 bits per heavy atom. The molecule has 2 aromatic rings. The molecule has 1 aromatic carbocycles. The molecule has 1 fully saturated rings. The van der Waals surface area contributed by atoms with Crippen LogP contribution in [0.1, 0.15) is 45.1 Å². The minimum atomic E-state index is -0.209. The minimum absolute atomic E-state index is 0. The molecular weight excluding hydrogens is 392 g/mol. The predicted octanol–water partition coefficient (Wildman–Crippen LogP) is -0.824. The molecule has 2 heterocycles. The lowest BCUT2D eigenvalue weighted by molar-refractivity contribution is -0.00000736. The second-order valence-corrected chi connectivity index (χ2v) is 8.11. The molecule has 0 radical (unpaired) electrons. The van der Waals surface area contributed by atoms with Gasteiger partial charge in [0.15, 0.2) is 17.3 Å². The van der Waals surface area contributed by atoms with Crippen molar-refractivity contribution in [3.63, 3.8) is 0 Å². The summed E-state index contributed by atoms with van der Waals surface area (Å²) in [5.74, 6) is 2.29. The second kappa shape index (κ2) is 9.73. The zero-order valence-corrected chi connectivity index (χ0v) is 19.0. The highest BCUT2D eigenvalue weighted by molar-refractivity contribution is 5.45. The Morgan fingerprint density at radius 3 is 2.24 bits per heavy atom. The number of hydrogen-bond acceptors (Lipinski definition) is 7. The van der Waals surface area contributed by atoms with E-state index in [2.05, 4.69) is 59.1 Å². The quantitative estimate of drug-likeness (QED) is 0.601. The maximum absolute atomic E-state index is 5.55. The predicted molar refractivity (Wildman–Crippen MR) is 108 cm³/mol. The van der Waals surface area contributed by atoms with Crippen LogP contribution in [0.15, 0.2) is 18.2 Å².